The number of amides is 2. The molecule has 2 N–H and O–H groups in total. The zero-order valence-electron chi connectivity index (χ0n) is 14.0. The van der Waals surface area contributed by atoms with E-state index in [4.69, 9.17) is 21.1 Å². The lowest BCUT2D eigenvalue weighted by Crippen LogP contribution is -2.28. The fourth-order valence-corrected chi connectivity index (χ4v) is 2.59. The molecular weight excluding hydrogens is 356 g/mol. The fourth-order valence-electron chi connectivity index (χ4n) is 2.40. The smallest absolute Gasteiger partial charge is 0.291 e. The second-order valence-corrected chi connectivity index (χ2v) is 5.95. The van der Waals surface area contributed by atoms with E-state index < -0.39 is 5.91 Å². The van der Waals surface area contributed by atoms with E-state index in [0.717, 1.165) is 0 Å². The van der Waals surface area contributed by atoms with Crippen molar-refractivity contribution in [3.05, 3.63) is 64.4 Å². The molecule has 2 aromatic rings. The lowest BCUT2D eigenvalue weighted by Gasteiger charge is -2.20. The molecule has 1 aliphatic heterocycles. The van der Waals surface area contributed by atoms with E-state index in [1.165, 1.54) is 0 Å². The number of nitrogens with one attached hydrogen (secondary N) is 2. The van der Waals surface area contributed by atoms with Crippen LogP contribution >= 0.6 is 11.6 Å². The highest BCUT2D eigenvalue weighted by molar-refractivity contribution is 6.32. The van der Waals surface area contributed by atoms with Crippen LogP contribution in [0.1, 0.15) is 15.9 Å². The van der Waals surface area contributed by atoms with Crippen LogP contribution in [0.2, 0.25) is 5.02 Å². The van der Waals surface area contributed by atoms with Crippen LogP contribution in [0.3, 0.4) is 0 Å². The van der Waals surface area contributed by atoms with Gasteiger partial charge in [0, 0.05) is 24.2 Å². The average Bonchev–Trinajstić information content (AvgIpc) is 2.64. The Kier molecular flexibility index (Phi) is 5.55. The summed E-state index contributed by atoms with van der Waals surface area (Å²) in [5.74, 6) is -0.0786. The van der Waals surface area contributed by atoms with Crippen LogP contribution in [0, 0.1) is 0 Å². The number of carbonyl (C=O) groups excluding carboxylic acids is 2. The first kappa shape index (κ1) is 18.0. The third-order valence-electron chi connectivity index (χ3n) is 3.72. The highest BCUT2D eigenvalue weighted by Crippen LogP contribution is 2.32. The van der Waals surface area contributed by atoms with Gasteiger partial charge >= 0.3 is 0 Å². The molecule has 0 radical (unpaired) electrons. The number of methoxy groups -OCH3 is 1. The number of halogens is 1. The summed E-state index contributed by atoms with van der Waals surface area (Å²) >= 11 is 6.11. The van der Waals surface area contributed by atoms with Crippen molar-refractivity contribution in [1.29, 1.82) is 0 Å². The molecule has 6 nitrogen and oxygen atoms in total. The molecule has 0 bridgehead atoms. The Morgan fingerprint density at radius 1 is 1.31 bits per heavy atom. The van der Waals surface area contributed by atoms with Crippen molar-refractivity contribution < 1.29 is 19.1 Å². The van der Waals surface area contributed by atoms with Crippen LogP contribution in [-0.2, 0) is 9.53 Å². The highest BCUT2D eigenvalue weighted by atomic mass is 35.5. The summed E-state index contributed by atoms with van der Waals surface area (Å²) in [6.07, 6.45) is 1.58. The minimum atomic E-state index is -0.408. The number of carbonyl (C=O) groups is 2. The van der Waals surface area contributed by atoms with Crippen molar-refractivity contribution in [2.45, 2.75) is 0 Å². The van der Waals surface area contributed by atoms with E-state index in [0.29, 0.717) is 40.7 Å². The van der Waals surface area contributed by atoms with Crippen LogP contribution in [0.5, 0.6) is 5.75 Å². The molecule has 0 unspecified atom stereocenters. The number of ether oxygens (including phenoxy) is 2. The second kappa shape index (κ2) is 8.03. The van der Waals surface area contributed by atoms with E-state index in [9.17, 15) is 9.59 Å². The maximum Gasteiger partial charge on any atom is 0.291 e. The summed E-state index contributed by atoms with van der Waals surface area (Å²) in [6, 6.07) is 12.0. The van der Waals surface area contributed by atoms with Gasteiger partial charge in [0.2, 0.25) is 0 Å². The topological polar surface area (TPSA) is 76.7 Å². The van der Waals surface area contributed by atoms with Gasteiger partial charge in [-0.15, -0.1) is 0 Å². The first-order chi connectivity index (χ1) is 12.6. The fraction of sp³-hybridized carbons (Fsp3) is 0.158. The van der Waals surface area contributed by atoms with Crippen LogP contribution in [0.4, 0.5) is 5.69 Å². The Balaban J connectivity index is 1.80. The molecule has 7 heteroatoms. The summed E-state index contributed by atoms with van der Waals surface area (Å²) in [5.41, 5.74) is 1.53. The Hall–Kier alpha value is -2.83. The molecule has 1 heterocycles. The first-order valence-corrected chi connectivity index (χ1v) is 8.33. The monoisotopic (exact) mass is 372 g/mol. The molecule has 2 amide bonds. The number of hydrogen-bond donors (Lipinski definition) is 2. The molecular formula is C19H17ClN2O4. The van der Waals surface area contributed by atoms with Crippen molar-refractivity contribution in [3.8, 4) is 5.75 Å². The molecule has 0 fully saturated rings. The molecule has 0 aromatic heterocycles. The number of rotatable bonds is 5. The minimum absolute atomic E-state index is 0.128. The van der Waals surface area contributed by atoms with E-state index in [2.05, 4.69) is 10.6 Å². The molecule has 3 rings (SSSR count). The van der Waals surface area contributed by atoms with Gasteiger partial charge in [-0.05, 0) is 35.9 Å². The van der Waals surface area contributed by atoms with Crippen molar-refractivity contribution in [2.75, 3.05) is 25.6 Å². The van der Waals surface area contributed by atoms with Crippen LogP contribution < -0.4 is 15.4 Å². The molecule has 2 aromatic carbocycles. The van der Waals surface area contributed by atoms with Crippen molar-refractivity contribution >= 4 is 35.2 Å². The standard InChI is InChI=1S/C19H17ClN2O4/c1-25-9-8-21-18(23)13-6-7-16-15(10-13)22-19(24)17(26-16)11-12-4-2-3-5-14(12)20/h2-7,10-11H,8-9H2,1H3,(H,21,23)(H,22,24)/b17-11-. The number of anilines is 1. The van der Waals surface area contributed by atoms with E-state index >= 15 is 0 Å². The Morgan fingerprint density at radius 3 is 2.88 bits per heavy atom. The lowest BCUT2D eigenvalue weighted by molar-refractivity contribution is -0.115. The van der Waals surface area contributed by atoms with Gasteiger partial charge in [-0.2, -0.15) is 0 Å². The van der Waals surface area contributed by atoms with Gasteiger partial charge in [0.25, 0.3) is 11.8 Å². The number of benzene rings is 2. The number of fused-ring (bicyclic) bond motifs is 1. The quantitative estimate of drug-likeness (QED) is 0.624. The normalized spacial score (nSPS) is 14.4. The lowest BCUT2D eigenvalue weighted by atomic mass is 10.1. The average molecular weight is 373 g/mol. The maximum absolute atomic E-state index is 12.3. The van der Waals surface area contributed by atoms with E-state index in [1.54, 1.807) is 49.6 Å². The SMILES string of the molecule is COCCNC(=O)c1ccc2c(c1)NC(=O)/C(=C/c1ccccc1Cl)O2. The Bertz CT molecular complexity index is 880. The first-order valence-electron chi connectivity index (χ1n) is 7.95. The van der Waals surface area contributed by atoms with Gasteiger partial charge in [0.15, 0.2) is 11.5 Å². The second-order valence-electron chi connectivity index (χ2n) is 5.55. The number of hydrogen-bond acceptors (Lipinski definition) is 4. The third kappa shape index (κ3) is 4.04. The molecule has 1 aliphatic rings. The van der Waals surface area contributed by atoms with Gasteiger partial charge < -0.3 is 20.1 Å². The van der Waals surface area contributed by atoms with Gasteiger partial charge in [-0.3, -0.25) is 9.59 Å². The summed E-state index contributed by atoms with van der Waals surface area (Å²) < 4.78 is 10.6. The molecule has 0 saturated carbocycles. The molecule has 0 atom stereocenters. The molecule has 0 aliphatic carbocycles. The summed E-state index contributed by atoms with van der Waals surface area (Å²) in [5, 5.41) is 5.97. The predicted molar refractivity (Wildman–Crippen MR) is 99.3 cm³/mol. The summed E-state index contributed by atoms with van der Waals surface area (Å²) in [4.78, 5) is 24.4. The van der Waals surface area contributed by atoms with Crippen LogP contribution in [-0.4, -0.2) is 32.1 Å². The molecule has 0 spiro atoms. The molecule has 26 heavy (non-hydrogen) atoms. The molecule has 0 saturated heterocycles. The van der Waals surface area contributed by atoms with Gasteiger partial charge in [-0.1, -0.05) is 29.8 Å². The summed E-state index contributed by atoms with van der Waals surface area (Å²) in [7, 11) is 1.56. The minimum Gasteiger partial charge on any atom is -0.449 e. The van der Waals surface area contributed by atoms with Crippen molar-refractivity contribution in [2.24, 2.45) is 0 Å². The Labute approximate surface area is 155 Å². The largest absolute Gasteiger partial charge is 0.449 e. The highest BCUT2D eigenvalue weighted by Gasteiger charge is 2.23. The van der Waals surface area contributed by atoms with Gasteiger partial charge in [-0.25, -0.2) is 0 Å². The molecule has 134 valence electrons. The predicted octanol–water partition coefficient (Wildman–Crippen LogP) is 3.09. The van der Waals surface area contributed by atoms with E-state index in [-0.39, 0.29) is 11.7 Å². The zero-order valence-corrected chi connectivity index (χ0v) is 14.8. The van der Waals surface area contributed by atoms with Gasteiger partial charge in [0.05, 0.1) is 12.3 Å². The van der Waals surface area contributed by atoms with E-state index in [1.807, 2.05) is 6.07 Å². The zero-order chi connectivity index (χ0) is 18.5. The van der Waals surface area contributed by atoms with Crippen LogP contribution in [0.25, 0.3) is 6.08 Å². The summed E-state index contributed by atoms with van der Waals surface area (Å²) in [6.45, 7) is 0.826. The third-order valence-corrected chi connectivity index (χ3v) is 4.06. The van der Waals surface area contributed by atoms with Crippen molar-refractivity contribution in [3.63, 3.8) is 0 Å². The van der Waals surface area contributed by atoms with Gasteiger partial charge in [0.1, 0.15) is 0 Å². The maximum atomic E-state index is 12.3. The van der Waals surface area contributed by atoms with Crippen molar-refractivity contribution in [1.82, 2.24) is 5.32 Å². The Morgan fingerprint density at radius 2 is 2.12 bits per heavy atom. The van der Waals surface area contributed by atoms with Crippen LogP contribution in [0.15, 0.2) is 48.2 Å².